The number of hydrogen-bond acceptors (Lipinski definition) is 4. The second kappa shape index (κ2) is 5.00. The Labute approximate surface area is 105 Å². The van der Waals surface area contributed by atoms with E-state index in [0.717, 1.165) is 17.3 Å². The molecule has 2 N–H and O–H groups in total. The zero-order valence-corrected chi connectivity index (χ0v) is 10.3. The summed E-state index contributed by atoms with van der Waals surface area (Å²) in [5.41, 5.74) is 8.73. The third-order valence-electron chi connectivity index (χ3n) is 2.82. The summed E-state index contributed by atoms with van der Waals surface area (Å²) in [6.07, 6.45) is 1.00. The average Bonchev–Trinajstić information content (AvgIpc) is 2.35. The van der Waals surface area contributed by atoms with Crippen molar-refractivity contribution in [3.8, 4) is 6.01 Å². The Balaban J connectivity index is 2.11. The molecule has 1 aromatic heterocycles. The van der Waals surface area contributed by atoms with Crippen LogP contribution in [0.5, 0.6) is 6.01 Å². The molecule has 0 bridgehead atoms. The highest BCUT2D eigenvalue weighted by atomic mass is 19.1. The van der Waals surface area contributed by atoms with Gasteiger partial charge in [-0.05, 0) is 30.5 Å². The summed E-state index contributed by atoms with van der Waals surface area (Å²) >= 11 is 0. The number of nitrogens with zero attached hydrogens (tertiary/aromatic N) is 2. The van der Waals surface area contributed by atoms with Gasteiger partial charge in [0.1, 0.15) is 6.61 Å². The number of ether oxygens (including phenoxy) is 1. The molecule has 2 rings (SSSR count). The van der Waals surface area contributed by atoms with Gasteiger partial charge in [0, 0.05) is 0 Å². The minimum Gasteiger partial charge on any atom is -0.459 e. The molecule has 18 heavy (non-hydrogen) atoms. The van der Waals surface area contributed by atoms with Gasteiger partial charge in [-0.25, -0.2) is 9.37 Å². The maximum atomic E-state index is 12.9. The first-order valence-corrected chi connectivity index (χ1v) is 5.54. The number of nitrogens with two attached hydrogens (primary N) is 1. The second-order valence-corrected chi connectivity index (χ2v) is 4.03. The smallest absolute Gasteiger partial charge is 0.318 e. The van der Waals surface area contributed by atoms with Gasteiger partial charge in [-0.1, -0.05) is 18.2 Å². The molecule has 0 aliphatic carbocycles. The van der Waals surface area contributed by atoms with Crippen LogP contribution in [0, 0.1) is 19.7 Å². The van der Waals surface area contributed by atoms with Crippen molar-refractivity contribution in [3.05, 3.63) is 46.9 Å². The van der Waals surface area contributed by atoms with Crippen molar-refractivity contribution in [2.75, 3.05) is 5.73 Å². The van der Waals surface area contributed by atoms with Crippen LogP contribution in [0.15, 0.2) is 24.4 Å². The standard InChI is InChI=1S/C13H14FN3O/c1-8-4-3-5-10(9(8)2)7-18-13-16-6-11(14)12(15)17-13/h3-6H,7H2,1-2H3,(H2,15,16,17). The van der Waals surface area contributed by atoms with Crippen molar-refractivity contribution in [1.82, 2.24) is 9.97 Å². The lowest BCUT2D eigenvalue weighted by atomic mass is 10.0. The normalized spacial score (nSPS) is 10.4. The topological polar surface area (TPSA) is 61.0 Å². The van der Waals surface area contributed by atoms with Gasteiger partial charge in [-0.3, -0.25) is 0 Å². The third-order valence-corrected chi connectivity index (χ3v) is 2.82. The minimum absolute atomic E-state index is 0.0785. The molecule has 0 aliphatic rings. The fourth-order valence-corrected chi connectivity index (χ4v) is 1.54. The number of anilines is 1. The summed E-state index contributed by atoms with van der Waals surface area (Å²) in [7, 11) is 0. The monoisotopic (exact) mass is 247 g/mol. The van der Waals surface area contributed by atoms with Gasteiger partial charge in [-0.2, -0.15) is 4.98 Å². The van der Waals surface area contributed by atoms with E-state index in [0.29, 0.717) is 6.61 Å². The Hall–Kier alpha value is -2.17. The number of nitrogen functional groups attached to an aromatic ring is 1. The highest BCUT2D eigenvalue weighted by Crippen LogP contribution is 2.15. The molecule has 5 heteroatoms. The Bertz CT molecular complexity index is 572. The van der Waals surface area contributed by atoms with E-state index >= 15 is 0 Å². The summed E-state index contributed by atoms with van der Waals surface area (Å²) in [6.45, 7) is 4.39. The van der Waals surface area contributed by atoms with Crippen molar-refractivity contribution >= 4 is 5.82 Å². The molecule has 0 amide bonds. The number of aryl methyl sites for hydroxylation is 1. The molecular weight excluding hydrogens is 233 g/mol. The van der Waals surface area contributed by atoms with E-state index < -0.39 is 5.82 Å². The fourth-order valence-electron chi connectivity index (χ4n) is 1.54. The van der Waals surface area contributed by atoms with Gasteiger partial charge in [0.15, 0.2) is 11.6 Å². The summed E-state index contributed by atoms with van der Waals surface area (Å²) in [4.78, 5) is 7.43. The molecular formula is C13H14FN3O. The zero-order valence-electron chi connectivity index (χ0n) is 10.3. The summed E-state index contributed by atoms with van der Waals surface area (Å²) in [6, 6.07) is 6.04. The van der Waals surface area contributed by atoms with Gasteiger partial charge in [0.05, 0.1) is 6.20 Å². The number of benzene rings is 1. The van der Waals surface area contributed by atoms with Crippen molar-refractivity contribution in [3.63, 3.8) is 0 Å². The van der Waals surface area contributed by atoms with Gasteiger partial charge < -0.3 is 10.5 Å². The Morgan fingerprint density at radius 3 is 2.83 bits per heavy atom. The molecule has 94 valence electrons. The first-order chi connectivity index (χ1) is 8.58. The lowest BCUT2D eigenvalue weighted by Gasteiger charge is -2.09. The number of aromatic nitrogens is 2. The molecule has 0 aliphatic heterocycles. The van der Waals surface area contributed by atoms with Crippen molar-refractivity contribution < 1.29 is 9.13 Å². The summed E-state index contributed by atoms with van der Waals surface area (Å²) in [5.74, 6) is -0.852. The molecule has 0 atom stereocenters. The van der Waals surface area contributed by atoms with E-state index in [9.17, 15) is 4.39 Å². The van der Waals surface area contributed by atoms with Crippen LogP contribution in [0.1, 0.15) is 16.7 Å². The molecule has 0 radical (unpaired) electrons. The molecule has 0 unspecified atom stereocenters. The van der Waals surface area contributed by atoms with Crippen LogP contribution >= 0.6 is 0 Å². The maximum absolute atomic E-state index is 12.9. The molecule has 1 heterocycles. The molecule has 1 aromatic carbocycles. The van der Waals surface area contributed by atoms with Gasteiger partial charge in [0.25, 0.3) is 0 Å². The van der Waals surface area contributed by atoms with E-state index in [-0.39, 0.29) is 11.8 Å². The van der Waals surface area contributed by atoms with Gasteiger partial charge in [0.2, 0.25) is 0 Å². The Kier molecular flexibility index (Phi) is 3.41. The SMILES string of the molecule is Cc1cccc(COc2ncc(F)c(N)n2)c1C. The Morgan fingerprint density at radius 2 is 2.11 bits per heavy atom. The van der Waals surface area contributed by atoms with E-state index in [4.69, 9.17) is 10.5 Å². The fraction of sp³-hybridized carbons (Fsp3) is 0.231. The molecule has 0 saturated heterocycles. The average molecular weight is 247 g/mol. The number of hydrogen-bond donors (Lipinski definition) is 1. The lowest BCUT2D eigenvalue weighted by Crippen LogP contribution is -2.04. The lowest BCUT2D eigenvalue weighted by molar-refractivity contribution is 0.279. The van der Waals surface area contributed by atoms with Gasteiger partial charge >= 0.3 is 6.01 Å². The predicted octanol–water partition coefficient (Wildman–Crippen LogP) is 2.39. The van der Waals surface area contributed by atoms with Crippen LogP contribution in [-0.4, -0.2) is 9.97 Å². The van der Waals surface area contributed by atoms with Gasteiger partial charge in [-0.15, -0.1) is 0 Å². The number of halogens is 1. The van der Waals surface area contributed by atoms with E-state index in [1.54, 1.807) is 0 Å². The van der Waals surface area contributed by atoms with Crippen LogP contribution in [0.3, 0.4) is 0 Å². The van der Waals surface area contributed by atoms with Crippen LogP contribution in [-0.2, 0) is 6.61 Å². The number of rotatable bonds is 3. The molecule has 0 fully saturated rings. The maximum Gasteiger partial charge on any atom is 0.318 e. The largest absolute Gasteiger partial charge is 0.459 e. The van der Waals surface area contributed by atoms with Crippen LogP contribution in [0.25, 0.3) is 0 Å². The van der Waals surface area contributed by atoms with E-state index in [1.165, 1.54) is 5.56 Å². The second-order valence-electron chi connectivity index (χ2n) is 4.03. The first-order valence-electron chi connectivity index (χ1n) is 5.54. The van der Waals surface area contributed by atoms with E-state index in [2.05, 4.69) is 9.97 Å². The molecule has 2 aromatic rings. The third kappa shape index (κ3) is 2.56. The summed E-state index contributed by atoms with van der Waals surface area (Å²) in [5, 5.41) is 0. The van der Waals surface area contributed by atoms with Crippen LogP contribution in [0.2, 0.25) is 0 Å². The first kappa shape index (κ1) is 12.3. The molecule has 0 spiro atoms. The zero-order chi connectivity index (χ0) is 13.1. The highest BCUT2D eigenvalue weighted by molar-refractivity contribution is 5.33. The van der Waals surface area contributed by atoms with Crippen LogP contribution < -0.4 is 10.5 Å². The van der Waals surface area contributed by atoms with Crippen LogP contribution in [0.4, 0.5) is 10.2 Å². The summed E-state index contributed by atoms with van der Waals surface area (Å²) < 4.78 is 18.3. The molecule has 4 nitrogen and oxygen atoms in total. The van der Waals surface area contributed by atoms with Crippen molar-refractivity contribution in [2.24, 2.45) is 0 Å². The van der Waals surface area contributed by atoms with Crippen molar-refractivity contribution in [2.45, 2.75) is 20.5 Å². The highest BCUT2D eigenvalue weighted by Gasteiger charge is 2.06. The van der Waals surface area contributed by atoms with E-state index in [1.807, 2.05) is 32.0 Å². The Morgan fingerprint density at radius 1 is 1.33 bits per heavy atom. The minimum atomic E-state index is -0.644. The quantitative estimate of drug-likeness (QED) is 0.904. The van der Waals surface area contributed by atoms with Crippen molar-refractivity contribution in [1.29, 1.82) is 0 Å². The molecule has 0 saturated carbocycles. The predicted molar refractivity (Wildman–Crippen MR) is 66.7 cm³/mol.